The number of hydrogen-bond donors (Lipinski definition) is 0. The van der Waals surface area contributed by atoms with Gasteiger partial charge in [-0.15, -0.1) is 11.3 Å². The second-order valence-corrected chi connectivity index (χ2v) is 8.28. The van der Waals surface area contributed by atoms with E-state index in [4.69, 9.17) is 9.40 Å². The molecule has 0 bridgehead atoms. The number of rotatable bonds is 4. The zero-order valence-electron chi connectivity index (χ0n) is 15.0. The molecular weight excluding hydrogens is 426 g/mol. The Balaban J connectivity index is 1.34. The number of halogens is 1. The van der Waals surface area contributed by atoms with Gasteiger partial charge in [-0.05, 0) is 28.9 Å². The maximum absolute atomic E-state index is 12.6. The summed E-state index contributed by atoms with van der Waals surface area (Å²) in [5, 5.41) is 3.18. The molecule has 7 heteroatoms. The maximum Gasteiger partial charge on any atom is 0.289 e. The van der Waals surface area contributed by atoms with E-state index in [1.807, 2.05) is 36.1 Å². The fraction of sp³-hybridized carbons (Fsp3) is 0.300. The second-order valence-electron chi connectivity index (χ2n) is 6.64. The van der Waals surface area contributed by atoms with Crippen LogP contribution in [-0.2, 0) is 6.54 Å². The van der Waals surface area contributed by atoms with Crippen LogP contribution >= 0.6 is 27.3 Å². The summed E-state index contributed by atoms with van der Waals surface area (Å²) in [5.74, 6) is 0.403. The molecule has 1 amide bonds. The highest BCUT2D eigenvalue weighted by atomic mass is 79.9. The van der Waals surface area contributed by atoms with Crippen molar-refractivity contribution in [3.05, 3.63) is 63.5 Å². The molecule has 1 aromatic carbocycles. The Labute approximate surface area is 170 Å². The lowest BCUT2D eigenvalue weighted by atomic mass is 10.2. The number of amides is 1. The summed E-state index contributed by atoms with van der Waals surface area (Å²) in [7, 11) is 0. The van der Waals surface area contributed by atoms with E-state index in [1.165, 1.54) is 0 Å². The fourth-order valence-corrected chi connectivity index (χ4v) is 4.55. The zero-order valence-corrected chi connectivity index (χ0v) is 17.4. The SMILES string of the molecule is Cc1cc(Br)oc1C(=O)N1CCN(Cc2csc(-c3ccccc3)n2)CC1. The van der Waals surface area contributed by atoms with Crippen LogP contribution < -0.4 is 0 Å². The van der Waals surface area contributed by atoms with Gasteiger partial charge < -0.3 is 9.32 Å². The number of aryl methyl sites for hydroxylation is 1. The van der Waals surface area contributed by atoms with Gasteiger partial charge in [0.1, 0.15) is 5.01 Å². The van der Waals surface area contributed by atoms with Gasteiger partial charge in [0.15, 0.2) is 10.4 Å². The van der Waals surface area contributed by atoms with Gasteiger partial charge in [-0.25, -0.2) is 4.98 Å². The molecule has 2 aromatic heterocycles. The molecule has 1 aliphatic rings. The van der Waals surface area contributed by atoms with Gasteiger partial charge in [-0.2, -0.15) is 0 Å². The standard InChI is InChI=1S/C20H20BrN3O2S/c1-14-11-17(21)26-18(14)20(25)24-9-7-23(8-10-24)12-16-13-27-19(22-16)15-5-3-2-4-6-15/h2-6,11,13H,7-10,12H2,1H3. The monoisotopic (exact) mass is 445 g/mol. The Morgan fingerprint density at radius 3 is 2.63 bits per heavy atom. The lowest BCUT2D eigenvalue weighted by Crippen LogP contribution is -2.48. The van der Waals surface area contributed by atoms with Crippen LogP contribution in [0.25, 0.3) is 10.6 Å². The quantitative estimate of drug-likeness (QED) is 0.595. The van der Waals surface area contributed by atoms with Crippen LogP contribution in [0.4, 0.5) is 0 Å². The van der Waals surface area contributed by atoms with E-state index in [-0.39, 0.29) is 5.91 Å². The molecular formula is C20H20BrN3O2S. The number of aromatic nitrogens is 1. The number of carbonyl (C=O) groups excluding carboxylic acids is 1. The van der Waals surface area contributed by atoms with Crippen LogP contribution in [-0.4, -0.2) is 46.9 Å². The number of furan rings is 1. The Bertz CT molecular complexity index is 930. The smallest absolute Gasteiger partial charge is 0.289 e. The minimum absolute atomic E-state index is 0.0297. The molecule has 1 aliphatic heterocycles. The van der Waals surface area contributed by atoms with Crippen molar-refractivity contribution in [3.8, 4) is 10.6 Å². The van der Waals surface area contributed by atoms with Gasteiger partial charge in [-0.1, -0.05) is 30.3 Å². The van der Waals surface area contributed by atoms with E-state index in [0.717, 1.165) is 41.5 Å². The lowest BCUT2D eigenvalue weighted by molar-refractivity contribution is 0.0594. The van der Waals surface area contributed by atoms with Crippen molar-refractivity contribution in [2.24, 2.45) is 0 Å². The lowest BCUT2D eigenvalue weighted by Gasteiger charge is -2.34. The summed E-state index contributed by atoms with van der Waals surface area (Å²) in [6.07, 6.45) is 0. The Morgan fingerprint density at radius 2 is 1.96 bits per heavy atom. The third kappa shape index (κ3) is 4.15. The highest BCUT2D eigenvalue weighted by Gasteiger charge is 2.26. The number of thiazole rings is 1. The van der Waals surface area contributed by atoms with Crippen molar-refractivity contribution in [1.29, 1.82) is 0 Å². The van der Waals surface area contributed by atoms with Crippen molar-refractivity contribution in [3.63, 3.8) is 0 Å². The number of piperazine rings is 1. The first kappa shape index (κ1) is 18.4. The summed E-state index contributed by atoms with van der Waals surface area (Å²) in [6.45, 7) is 5.79. The third-order valence-electron chi connectivity index (χ3n) is 4.70. The van der Waals surface area contributed by atoms with Crippen molar-refractivity contribution in [1.82, 2.24) is 14.8 Å². The molecule has 3 aromatic rings. The van der Waals surface area contributed by atoms with E-state index in [2.05, 4.69) is 38.3 Å². The molecule has 0 aliphatic carbocycles. The average Bonchev–Trinajstić information content (AvgIpc) is 3.28. The molecule has 3 heterocycles. The molecule has 1 fully saturated rings. The van der Waals surface area contributed by atoms with E-state index in [1.54, 1.807) is 11.3 Å². The summed E-state index contributed by atoms with van der Waals surface area (Å²) >= 11 is 4.97. The van der Waals surface area contributed by atoms with Crippen LogP contribution in [0, 0.1) is 6.92 Å². The number of nitrogens with zero attached hydrogens (tertiary/aromatic N) is 3. The molecule has 140 valence electrons. The summed E-state index contributed by atoms with van der Waals surface area (Å²) in [4.78, 5) is 21.6. The van der Waals surface area contributed by atoms with E-state index in [9.17, 15) is 4.79 Å². The molecule has 0 atom stereocenters. The Hall–Kier alpha value is -1.96. The van der Waals surface area contributed by atoms with Crippen LogP contribution in [0.2, 0.25) is 0 Å². The molecule has 5 nitrogen and oxygen atoms in total. The predicted octanol–water partition coefficient (Wildman–Crippen LogP) is 4.43. The maximum atomic E-state index is 12.6. The van der Waals surface area contributed by atoms with Crippen LogP contribution in [0.15, 0.2) is 50.9 Å². The van der Waals surface area contributed by atoms with Crippen molar-refractivity contribution >= 4 is 33.2 Å². The molecule has 1 saturated heterocycles. The largest absolute Gasteiger partial charge is 0.444 e. The van der Waals surface area contributed by atoms with E-state index >= 15 is 0 Å². The first-order chi connectivity index (χ1) is 13.1. The van der Waals surface area contributed by atoms with Crippen molar-refractivity contribution in [2.45, 2.75) is 13.5 Å². The van der Waals surface area contributed by atoms with Gasteiger partial charge in [0.2, 0.25) is 0 Å². The van der Waals surface area contributed by atoms with Crippen molar-refractivity contribution < 1.29 is 9.21 Å². The highest BCUT2D eigenvalue weighted by Crippen LogP contribution is 2.25. The van der Waals surface area contributed by atoms with E-state index < -0.39 is 0 Å². The minimum Gasteiger partial charge on any atom is -0.444 e. The van der Waals surface area contributed by atoms with Gasteiger partial charge in [0, 0.05) is 49.2 Å². The predicted molar refractivity (Wildman–Crippen MR) is 110 cm³/mol. The van der Waals surface area contributed by atoms with Gasteiger partial charge in [-0.3, -0.25) is 9.69 Å². The fourth-order valence-electron chi connectivity index (χ4n) is 3.23. The molecule has 27 heavy (non-hydrogen) atoms. The first-order valence-electron chi connectivity index (χ1n) is 8.87. The van der Waals surface area contributed by atoms with Crippen LogP contribution in [0.1, 0.15) is 21.8 Å². The zero-order chi connectivity index (χ0) is 18.8. The second kappa shape index (κ2) is 7.96. The average molecular weight is 446 g/mol. The van der Waals surface area contributed by atoms with Gasteiger partial charge in [0.05, 0.1) is 5.69 Å². The Morgan fingerprint density at radius 1 is 1.22 bits per heavy atom. The van der Waals surface area contributed by atoms with Crippen molar-refractivity contribution in [2.75, 3.05) is 26.2 Å². The van der Waals surface area contributed by atoms with Gasteiger partial charge in [0.25, 0.3) is 5.91 Å². The van der Waals surface area contributed by atoms with Gasteiger partial charge >= 0.3 is 0 Å². The molecule has 0 N–H and O–H groups in total. The highest BCUT2D eigenvalue weighted by molar-refractivity contribution is 9.10. The topological polar surface area (TPSA) is 49.6 Å². The van der Waals surface area contributed by atoms with E-state index in [0.29, 0.717) is 23.5 Å². The first-order valence-corrected chi connectivity index (χ1v) is 10.5. The number of carbonyl (C=O) groups is 1. The molecule has 0 unspecified atom stereocenters. The summed E-state index contributed by atoms with van der Waals surface area (Å²) in [5.41, 5.74) is 3.11. The Kier molecular flexibility index (Phi) is 5.43. The number of benzene rings is 1. The molecule has 0 spiro atoms. The summed E-state index contributed by atoms with van der Waals surface area (Å²) in [6, 6.07) is 12.1. The third-order valence-corrected chi connectivity index (χ3v) is 6.03. The molecule has 4 rings (SSSR count). The molecule has 0 saturated carbocycles. The normalized spacial score (nSPS) is 15.3. The minimum atomic E-state index is -0.0297. The van der Waals surface area contributed by atoms with Crippen LogP contribution in [0.3, 0.4) is 0 Å². The molecule has 0 radical (unpaired) electrons. The van der Waals surface area contributed by atoms with Crippen LogP contribution in [0.5, 0.6) is 0 Å². The summed E-state index contributed by atoms with van der Waals surface area (Å²) < 4.78 is 6.10. The number of hydrogen-bond acceptors (Lipinski definition) is 5.